The van der Waals surface area contributed by atoms with Crippen molar-refractivity contribution >= 4 is 82.1 Å². The van der Waals surface area contributed by atoms with Crippen molar-refractivity contribution in [3.05, 3.63) is 249 Å². The van der Waals surface area contributed by atoms with Crippen LogP contribution in [0.2, 0.25) is 0 Å². The van der Waals surface area contributed by atoms with E-state index in [1.807, 2.05) is 12.1 Å². The first-order chi connectivity index (χ1) is 32.7. The SMILES string of the molecule is c1cc(-c2ccc(-c3ccc4ccc5ccccc5c4c3)cc2)cc(N(c2ccc(-c3ccc4c(ccc5ccccc54)c3)cc2)c2ccc(-c3cccc4oc5ccccc5c34)cc2)c1. The number of para-hydroxylation sites is 1. The predicted molar refractivity (Wildman–Crippen MR) is 280 cm³/mol. The summed E-state index contributed by atoms with van der Waals surface area (Å²) in [5.74, 6) is 0. The van der Waals surface area contributed by atoms with Gasteiger partial charge >= 0.3 is 0 Å². The van der Waals surface area contributed by atoms with Gasteiger partial charge in [0, 0.05) is 27.8 Å². The molecule has 0 saturated heterocycles. The molecule has 0 aliphatic rings. The maximum absolute atomic E-state index is 6.27. The molecule has 13 aromatic rings. The molecule has 1 aromatic heterocycles. The van der Waals surface area contributed by atoms with Gasteiger partial charge in [0.2, 0.25) is 0 Å². The molecule has 0 saturated carbocycles. The molecule has 0 fully saturated rings. The molecule has 0 radical (unpaired) electrons. The lowest BCUT2D eigenvalue weighted by atomic mass is 9.96. The second-order valence-corrected chi connectivity index (χ2v) is 17.3. The number of anilines is 3. The molecule has 2 heteroatoms. The topological polar surface area (TPSA) is 16.4 Å². The molecule has 0 aliphatic carbocycles. The van der Waals surface area contributed by atoms with E-state index >= 15 is 0 Å². The molecule has 0 atom stereocenters. The Hall–Kier alpha value is -8.72. The van der Waals surface area contributed by atoms with Crippen molar-refractivity contribution in [1.29, 1.82) is 0 Å². The van der Waals surface area contributed by atoms with Crippen LogP contribution in [0.3, 0.4) is 0 Å². The molecule has 0 N–H and O–H groups in total. The fourth-order valence-corrected chi connectivity index (χ4v) is 10.1. The molecule has 308 valence electrons. The molecule has 0 aliphatic heterocycles. The Morgan fingerprint density at radius 2 is 0.712 bits per heavy atom. The van der Waals surface area contributed by atoms with Gasteiger partial charge in [-0.25, -0.2) is 0 Å². The maximum Gasteiger partial charge on any atom is 0.136 e. The van der Waals surface area contributed by atoms with Crippen LogP contribution in [-0.4, -0.2) is 0 Å². The van der Waals surface area contributed by atoms with Crippen LogP contribution in [0.1, 0.15) is 0 Å². The Labute approximate surface area is 382 Å². The average molecular weight is 840 g/mol. The van der Waals surface area contributed by atoms with E-state index < -0.39 is 0 Å². The summed E-state index contributed by atoms with van der Waals surface area (Å²) < 4.78 is 6.27. The number of furan rings is 1. The number of benzene rings is 12. The summed E-state index contributed by atoms with van der Waals surface area (Å²) in [6.45, 7) is 0. The van der Waals surface area contributed by atoms with E-state index in [0.717, 1.165) is 55.7 Å². The summed E-state index contributed by atoms with van der Waals surface area (Å²) in [5, 5.41) is 12.4. The summed E-state index contributed by atoms with van der Waals surface area (Å²) in [6.07, 6.45) is 0. The number of rotatable bonds is 7. The van der Waals surface area contributed by atoms with Gasteiger partial charge in [-0.2, -0.15) is 0 Å². The minimum Gasteiger partial charge on any atom is -0.456 e. The van der Waals surface area contributed by atoms with Crippen molar-refractivity contribution in [3.63, 3.8) is 0 Å². The summed E-state index contributed by atoms with van der Waals surface area (Å²) in [4.78, 5) is 2.37. The monoisotopic (exact) mass is 839 g/mol. The van der Waals surface area contributed by atoms with Gasteiger partial charge in [0.25, 0.3) is 0 Å². The number of nitrogens with zero attached hydrogens (tertiary/aromatic N) is 1. The van der Waals surface area contributed by atoms with Crippen molar-refractivity contribution in [3.8, 4) is 44.5 Å². The molecule has 2 nitrogen and oxygen atoms in total. The Kier molecular flexibility index (Phi) is 8.89. The Morgan fingerprint density at radius 1 is 0.242 bits per heavy atom. The quantitative estimate of drug-likeness (QED) is 0.149. The van der Waals surface area contributed by atoms with Crippen LogP contribution in [-0.2, 0) is 0 Å². The van der Waals surface area contributed by atoms with E-state index in [1.165, 1.54) is 70.9 Å². The number of fused-ring (bicyclic) bond motifs is 9. The van der Waals surface area contributed by atoms with Gasteiger partial charge < -0.3 is 9.32 Å². The zero-order chi connectivity index (χ0) is 43.6. The van der Waals surface area contributed by atoms with Crippen LogP contribution in [0, 0.1) is 0 Å². The molecular formula is C64H41NO. The van der Waals surface area contributed by atoms with Crippen LogP contribution < -0.4 is 4.90 Å². The van der Waals surface area contributed by atoms with Gasteiger partial charge in [0.1, 0.15) is 11.2 Å². The van der Waals surface area contributed by atoms with Crippen molar-refractivity contribution in [1.82, 2.24) is 0 Å². The first kappa shape index (κ1) is 37.8. The second-order valence-electron chi connectivity index (χ2n) is 17.3. The fourth-order valence-electron chi connectivity index (χ4n) is 10.1. The molecule has 0 unspecified atom stereocenters. The zero-order valence-electron chi connectivity index (χ0n) is 36.0. The van der Waals surface area contributed by atoms with Crippen LogP contribution in [0.4, 0.5) is 17.1 Å². The van der Waals surface area contributed by atoms with Gasteiger partial charge in [-0.15, -0.1) is 0 Å². The lowest BCUT2D eigenvalue weighted by Crippen LogP contribution is -2.10. The third-order valence-electron chi connectivity index (χ3n) is 13.4. The molecule has 66 heavy (non-hydrogen) atoms. The zero-order valence-corrected chi connectivity index (χ0v) is 36.0. The van der Waals surface area contributed by atoms with Crippen molar-refractivity contribution in [2.75, 3.05) is 4.90 Å². The van der Waals surface area contributed by atoms with Crippen molar-refractivity contribution in [2.45, 2.75) is 0 Å². The van der Waals surface area contributed by atoms with E-state index in [9.17, 15) is 0 Å². The third-order valence-corrected chi connectivity index (χ3v) is 13.4. The van der Waals surface area contributed by atoms with Crippen LogP contribution in [0.5, 0.6) is 0 Å². The lowest BCUT2D eigenvalue weighted by Gasteiger charge is -2.26. The Morgan fingerprint density at radius 3 is 1.42 bits per heavy atom. The fraction of sp³-hybridized carbons (Fsp3) is 0. The van der Waals surface area contributed by atoms with Gasteiger partial charge in [0.15, 0.2) is 0 Å². The molecular weight excluding hydrogens is 799 g/mol. The van der Waals surface area contributed by atoms with Gasteiger partial charge in [-0.1, -0.05) is 188 Å². The van der Waals surface area contributed by atoms with E-state index in [1.54, 1.807) is 0 Å². The van der Waals surface area contributed by atoms with Gasteiger partial charge in [0.05, 0.1) is 0 Å². The molecule has 0 bridgehead atoms. The van der Waals surface area contributed by atoms with E-state index in [2.05, 4.69) is 241 Å². The Bertz CT molecular complexity index is 3970. The van der Waals surface area contributed by atoms with E-state index in [4.69, 9.17) is 4.42 Å². The summed E-state index contributed by atoms with van der Waals surface area (Å²) in [7, 11) is 0. The van der Waals surface area contributed by atoms with Crippen LogP contribution >= 0.6 is 0 Å². The minimum atomic E-state index is 0.898. The maximum atomic E-state index is 6.27. The molecule has 0 amide bonds. The highest BCUT2D eigenvalue weighted by atomic mass is 16.3. The largest absolute Gasteiger partial charge is 0.456 e. The number of hydrogen-bond donors (Lipinski definition) is 0. The van der Waals surface area contributed by atoms with Crippen LogP contribution in [0.25, 0.3) is 110 Å². The molecule has 0 spiro atoms. The summed E-state index contributed by atoms with van der Waals surface area (Å²) >= 11 is 0. The first-order valence-electron chi connectivity index (χ1n) is 22.6. The molecule has 13 rings (SSSR count). The Balaban J connectivity index is 0.873. The standard InChI is InChI=1S/C64H41NO/c1-3-13-56-45(9-1)26-28-52-39-50(33-38-58(52)56)44-29-34-53(35-30-44)65(54-36-31-47(32-37-54)59-16-8-18-63-64(59)60-15-5-6-17-62(60)66-63)55-12-7-11-49(40-55)42-19-21-43(22-20-42)51-27-25-48-24-23-46-10-2-4-14-57(46)61(48)41-51/h1-41H. The third kappa shape index (κ3) is 6.50. The lowest BCUT2D eigenvalue weighted by molar-refractivity contribution is 0.669. The highest BCUT2D eigenvalue weighted by Gasteiger charge is 2.17. The average Bonchev–Trinajstić information content (AvgIpc) is 3.78. The van der Waals surface area contributed by atoms with E-state index in [0.29, 0.717) is 0 Å². The first-order valence-corrected chi connectivity index (χ1v) is 22.6. The molecule has 12 aromatic carbocycles. The van der Waals surface area contributed by atoms with Crippen molar-refractivity contribution in [2.24, 2.45) is 0 Å². The highest BCUT2D eigenvalue weighted by Crippen LogP contribution is 2.42. The smallest absolute Gasteiger partial charge is 0.136 e. The predicted octanol–water partition coefficient (Wildman–Crippen LogP) is 18.3. The van der Waals surface area contributed by atoms with E-state index in [-0.39, 0.29) is 0 Å². The highest BCUT2D eigenvalue weighted by molar-refractivity contribution is 6.13. The summed E-state index contributed by atoms with van der Waals surface area (Å²) in [6, 6.07) is 90.3. The van der Waals surface area contributed by atoms with Crippen molar-refractivity contribution < 1.29 is 4.42 Å². The molecule has 1 heterocycles. The van der Waals surface area contributed by atoms with Gasteiger partial charge in [-0.3, -0.25) is 0 Å². The second kappa shape index (κ2) is 15.5. The summed E-state index contributed by atoms with van der Waals surface area (Å²) in [5.41, 5.74) is 14.5. The van der Waals surface area contributed by atoms with Gasteiger partial charge in [-0.05, 0) is 148 Å². The minimum absolute atomic E-state index is 0.898. The van der Waals surface area contributed by atoms with Crippen LogP contribution in [0.15, 0.2) is 253 Å². The normalized spacial score (nSPS) is 11.6. The number of hydrogen-bond acceptors (Lipinski definition) is 2.